The summed E-state index contributed by atoms with van der Waals surface area (Å²) in [5.41, 5.74) is 5.10. The molecule has 0 saturated carbocycles. The number of hydrogen-bond acceptors (Lipinski definition) is 2. The number of rotatable bonds is 2. The van der Waals surface area contributed by atoms with Crippen molar-refractivity contribution in [3.63, 3.8) is 0 Å². The molecule has 98 valence electrons. The van der Waals surface area contributed by atoms with E-state index in [-0.39, 0.29) is 21.8 Å². The minimum Gasteiger partial charge on any atom is -0.399 e. The van der Waals surface area contributed by atoms with Gasteiger partial charge in [-0.1, -0.05) is 11.6 Å². The van der Waals surface area contributed by atoms with E-state index in [1.54, 1.807) is 0 Å². The third-order valence-electron chi connectivity index (χ3n) is 2.44. The Balaban J connectivity index is 2.53. The van der Waals surface area contributed by atoms with Crippen molar-refractivity contribution in [1.82, 2.24) is 0 Å². The molecular formula is C13H7ClF3NO. The number of ketones is 1. The van der Waals surface area contributed by atoms with Gasteiger partial charge in [-0.15, -0.1) is 0 Å². The predicted molar refractivity (Wildman–Crippen MR) is 65.6 cm³/mol. The van der Waals surface area contributed by atoms with Gasteiger partial charge in [-0.25, -0.2) is 13.2 Å². The minimum absolute atomic E-state index is 0.0436. The molecule has 0 radical (unpaired) electrons. The normalized spacial score (nSPS) is 10.5. The summed E-state index contributed by atoms with van der Waals surface area (Å²) >= 11 is 5.67. The lowest BCUT2D eigenvalue weighted by Gasteiger charge is -2.06. The molecule has 2 N–H and O–H groups in total. The van der Waals surface area contributed by atoms with Crippen LogP contribution in [-0.4, -0.2) is 5.78 Å². The third kappa shape index (κ3) is 2.71. The smallest absolute Gasteiger partial charge is 0.194 e. The van der Waals surface area contributed by atoms with Crippen molar-refractivity contribution in [3.8, 4) is 0 Å². The molecule has 6 heteroatoms. The van der Waals surface area contributed by atoms with Crippen LogP contribution in [0.2, 0.25) is 5.02 Å². The first-order valence-corrected chi connectivity index (χ1v) is 5.51. The van der Waals surface area contributed by atoms with E-state index in [9.17, 15) is 18.0 Å². The molecule has 0 amide bonds. The van der Waals surface area contributed by atoms with Crippen molar-refractivity contribution in [3.05, 3.63) is 63.9 Å². The van der Waals surface area contributed by atoms with Gasteiger partial charge in [-0.2, -0.15) is 0 Å². The molecule has 0 fully saturated rings. The summed E-state index contributed by atoms with van der Waals surface area (Å²) in [4.78, 5) is 12.0. The Hall–Kier alpha value is -2.01. The standard InChI is InChI=1S/C13H7ClF3NO/c14-10-5-12(17)11(16)4-9(10)13(19)6-1-7(15)3-8(18)2-6/h1-5H,18H2. The zero-order chi connectivity index (χ0) is 14.2. The fourth-order valence-corrected chi connectivity index (χ4v) is 1.83. The molecule has 0 spiro atoms. The fourth-order valence-electron chi connectivity index (χ4n) is 1.60. The second kappa shape index (κ2) is 4.93. The topological polar surface area (TPSA) is 43.1 Å². The Morgan fingerprint density at radius 1 is 1.00 bits per heavy atom. The predicted octanol–water partition coefficient (Wildman–Crippen LogP) is 3.57. The lowest BCUT2D eigenvalue weighted by Crippen LogP contribution is -2.05. The lowest BCUT2D eigenvalue weighted by molar-refractivity contribution is 0.103. The number of halogens is 4. The molecule has 0 saturated heterocycles. The average molecular weight is 286 g/mol. The van der Waals surface area contributed by atoms with Crippen LogP contribution in [0.25, 0.3) is 0 Å². The van der Waals surface area contributed by atoms with Gasteiger partial charge in [0.15, 0.2) is 17.4 Å². The van der Waals surface area contributed by atoms with Crippen molar-refractivity contribution < 1.29 is 18.0 Å². The fraction of sp³-hybridized carbons (Fsp3) is 0. The highest BCUT2D eigenvalue weighted by molar-refractivity contribution is 6.35. The van der Waals surface area contributed by atoms with E-state index in [2.05, 4.69) is 0 Å². The number of anilines is 1. The second-order valence-corrected chi connectivity index (χ2v) is 4.26. The number of nitrogen functional groups attached to an aromatic ring is 1. The monoisotopic (exact) mass is 285 g/mol. The molecule has 0 aliphatic rings. The highest BCUT2D eigenvalue weighted by Crippen LogP contribution is 2.24. The van der Waals surface area contributed by atoms with Gasteiger partial charge in [0, 0.05) is 16.8 Å². The van der Waals surface area contributed by atoms with Crippen LogP contribution in [0.1, 0.15) is 15.9 Å². The first-order chi connectivity index (χ1) is 8.88. The molecule has 0 aromatic heterocycles. The Kier molecular flexibility index (Phi) is 3.48. The number of benzene rings is 2. The van der Waals surface area contributed by atoms with Crippen molar-refractivity contribution in [2.24, 2.45) is 0 Å². The van der Waals surface area contributed by atoms with Crippen LogP contribution in [0.4, 0.5) is 18.9 Å². The van der Waals surface area contributed by atoms with Crippen LogP contribution >= 0.6 is 11.6 Å². The number of nitrogens with two attached hydrogens (primary N) is 1. The van der Waals surface area contributed by atoms with Crippen molar-refractivity contribution >= 4 is 23.1 Å². The van der Waals surface area contributed by atoms with Gasteiger partial charge in [-0.3, -0.25) is 4.79 Å². The van der Waals surface area contributed by atoms with E-state index >= 15 is 0 Å². The summed E-state index contributed by atoms with van der Waals surface area (Å²) in [6, 6.07) is 4.55. The van der Waals surface area contributed by atoms with Crippen LogP contribution in [0, 0.1) is 17.5 Å². The molecule has 2 aromatic carbocycles. The molecule has 0 atom stereocenters. The number of hydrogen-bond donors (Lipinski definition) is 1. The summed E-state index contributed by atoms with van der Waals surface area (Å²) in [7, 11) is 0. The van der Waals surface area contributed by atoms with Gasteiger partial charge in [0.2, 0.25) is 0 Å². The number of carbonyl (C=O) groups is 1. The molecule has 2 rings (SSSR count). The van der Waals surface area contributed by atoms with Gasteiger partial charge in [0.25, 0.3) is 0 Å². The third-order valence-corrected chi connectivity index (χ3v) is 2.75. The molecule has 0 aliphatic heterocycles. The zero-order valence-corrected chi connectivity index (χ0v) is 10.1. The lowest BCUT2D eigenvalue weighted by atomic mass is 10.0. The SMILES string of the molecule is Nc1cc(F)cc(C(=O)c2cc(F)c(F)cc2Cl)c1. The van der Waals surface area contributed by atoms with Gasteiger partial charge < -0.3 is 5.73 Å². The van der Waals surface area contributed by atoms with Gasteiger partial charge >= 0.3 is 0 Å². The van der Waals surface area contributed by atoms with Crippen LogP contribution in [0.15, 0.2) is 30.3 Å². The van der Waals surface area contributed by atoms with Crippen LogP contribution in [-0.2, 0) is 0 Å². The van der Waals surface area contributed by atoms with Crippen molar-refractivity contribution in [2.45, 2.75) is 0 Å². The largest absolute Gasteiger partial charge is 0.399 e. The first kappa shape index (κ1) is 13.4. The molecule has 0 aliphatic carbocycles. The van der Waals surface area contributed by atoms with Crippen molar-refractivity contribution in [2.75, 3.05) is 5.73 Å². The van der Waals surface area contributed by atoms with E-state index in [0.717, 1.165) is 12.1 Å². The minimum atomic E-state index is -1.21. The highest BCUT2D eigenvalue weighted by atomic mass is 35.5. The molecule has 2 nitrogen and oxygen atoms in total. The van der Waals surface area contributed by atoms with E-state index < -0.39 is 23.2 Å². The molecule has 0 bridgehead atoms. The first-order valence-electron chi connectivity index (χ1n) is 5.14. The van der Waals surface area contributed by atoms with E-state index in [1.165, 1.54) is 6.07 Å². The maximum atomic E-state index is 13.1. The van der Waals surface area contributed by atoms with Crippen LogP contribution < -0.4 is 5.73 Å². The molecule has 2 aromatic rings. The average Bonchev–Trinajstić information content (AvgIpc) is 2.31. The molecular weight excluding hydrogens is 279 g/mol. The van der Waals surface area contributed by atoms with E-state index in [4.69, 9.17) is 17.3 Å². The summed E-state index contributed by atoms with van der Waals surface area (Å²) in [6.45, 7) is 0. The maximum absolute atomic E-state index is 13.1. The zero-order valence-electron chi connectivity index (χ0n) is 9.38. The Labute approximate surface area is 111 Å². The summed E-state index contributed by atoms with van der Waals surface area (Å²) in [6.07, 6.45) is 0. The summed E-state index contributed by atoms with van der Waals surface area (Å²) in [5, 5.41) is -0.258. The van der Waals surface area contributed by atoms with Gasteiger partial charge in [0.1, 0.15) is 5.82 Å². The maximum Gasteiger partial charge on any atom is 0.194 e. The summed E-state index contributed by atoms with van der Waals surface area (Å²) in [5.74, 6) is -3.82. The molecule has 19 heavy (non-hydrogen) atoms. The molecule has 0 heterocycles. The summed E-state index contributed by atoms with van der Waals surface area (Å²) < 4.78 is 39.2. The highest BCUT2D eigenvalue weighted by Gasteiger charge is 2.17. The van der Waals surface area contributed by atoms with Gasteiger partial charge in [0.05, 0.1) is 5.02 Å². The van der Waals surface area contributed by atoms with Crippen LogP contribution in [0.3, 0.4) is 0 Å². The Morgan fingerprint density at radius 3 is 2.26 bits per heavy atom. The quantitative estimate of drug-likeness (QED) is 0.521. The van der Waals surface area contributed by atoms with Crippen molar-refractivity contribution in [1.29, 1.82) is 0 Å². The molecule has 0 unspecified atom stereocenters. The Morgan fingerprint density at radius 2 is 1.63 bits per heavy atom. The number of carbonyl (C=O) groups excluding carboxylic acids is 1. The van der Waals surface area contributed by atoms with E-state index in [0.29, 0.717) is 12.1 Å². The second-order valence-electron chi connectivity index (χ2n) is 3.85. The Bertz CT molecular complexity index is 653. The van der Waals surface area contributed by atoms with Crippen LogP contribution in [0.5, 0.6) is 0 Å². The van der Waals surface area contributed by atoms with E-state index in [1.807, 2.05) is 0 Å². The van der Waals surface area contributed by atoms with Gasteiger partial charge in [-0.05, 0) is 30.3 Å².